The molecule has 0 saturated heterocycles. The molecule has 0 aliphatic heterocycles. The van der Waals surface area contributed by atoms with Gasteiger partial charge in [0.1, 0.15) is 6.26 Å². The second-order valence-corrected chi connectivity index (χ2v) is 5.38. The first-order valence-corrected chi connectivity index (χ1v) is 8.10. The van der Waals surface area contributed by atoms with E-state index in [1.165, 1.54) is 17.2 Å². The predicted octanol–water partition coefficient (Wildman–Crippen LogP) is 2.82. The maximum absolute atomic E-state index is 12.4. The van der Waals surface area contributed by atoms with Crippen molar-refractivity contribution in [3.8, 4) is 0 Å². The Morgan fingerprint density at radius 3 is 2.65 bits per heavy atom. The molecule has 1 aromatic heterocycles. The number of carbonyl (C=O) groups is 2. The molecule has 134 valence electrons. The van der Waals surface area contributed by atoms with E-state index in [2.05, 4.69) is 23.5 Å². The van der Waals surface area contributed by atoms with E-state index in [0.29, 0.717) is 13.1 Å². The van der Waals surface area contributed by atoms with Crippen LogP contribution >= 0.6 is 0 Å². The molecule has 26 heavy (non-hydrogen) atoms. The van der Waals surface area contributed by atoms with E-state index in [9.17, 15) is 9.59 Å². The van der Waals surface area contributed by atoms with Gasteiger partial charge in [-0.3, -0.25) is 9.59 Å². The minimum atomic E-state index is -0.356. The molecule has 0 bridgehead atoms. The second-order valence-electron chi connectivity index (χ2n) is 5.38. The highest BCUT2D eigenvalue weighted by molar-refractivity contribution is 5.92. The summed E-state index contributed by atoms with van der Waals surface area (Å²) < 4.78 is 5.31. The zero-order valence-electron chi connectivity index (χ0n) is 14.4. The summed E-state index contributed by atoms with van der Waals surface area (Å²) in [5.41, 5.74) is 1.09. The van der Waals surface area contributed by atoms with Crippen molar-refractivity contribution in [2.45, 2.75) is 6.54 Å². The molecule has 0 atom stereocenters. The van der Waals surface area contributed by atoms with Crippen LogP contribution in [0.1, 0.15) is 21.9 Å². The summed E-state index contributed by atoms with van der Waals surface area (Å²) in [6, 6.07) is 9.52. The van der Waals surface area contributed by atoms with Crippen LogP contribution in [0.4, 0.5) is 0 Å². The lowest BCUT2D eigenvalue weighted by Gasteiger charge is -2.17. The van der Waals surface area contributed by atoms with Crippen LogP contribution in [0.3, 0.4) is 0 Å². The van der Waals surface area contributed by atoms with Gasteiger partial charge in [0.2, 0.25) is 11.8 Å². The van der Waals surface area contributed by atoms with E-state index in [4.69, 9.17) is 4.42 Å². The van der Waals surface area contributed by atoms with Crippen LogP contribution in [-0.4, -0.2) is 34.8 Å². The average Bonchev–Trinajstić information content (AvgIpc) is 3.13. The molecule has 6 nitrogen and oxygen atoms in total. The molecule has 6 heteroatoms. The van der Waals surface area contributed by atoms with Gasteiger partial charge in [-0.1, -0.05) is 42.5 Å². The summed E-state index contributed by atoms with van der Waals surface area (Å²) in [6.45, 7) is 8.01. The van der Waals surface area contributed by atoms with Crippen molar-refractivity contribution < 1.29 is 14.0 Å². The summed E-state index contributed by atoms with van der Waals surface area (Å²) in [5.74, 6) is -0.285. The minimum Gasteiger partial charge on any atom is -0.446 e. The van der Waals surface area contributed by atoms with Crippen molar-refractivity contribution >= 4 is 17.9 Å². The number of hydrogen-bond acceptors (Lipinski definition) is 4. The average molecular weight is 351 g/mol. The van der Waals surface area contributed by atoms with Crippen molar-refractivity contribution in [3.63, 3.8) is 0 Å². The molecule has 1 aromatic carbocycles. The van der Waals surface area contributed by atoms with Gasteiger partial charge in [0.05, 0.1) is 6.54 Å². The molecule has 0 aliphatic rings. The highest BCUT2D eigenvalue weighted by atomic mass is 16.3. The van der Waals surface area contributed by atoms with Gasteiger partial charge in [-0.25, -0.2) is 4.98 Å². The van der Waals surface area contributed by atoms with Gasteiger partial charge >= 0.3 is 0 Å². The molecule has 2 rings (SSSR count). The Hall–Kier alpha value is -3.41. The van der Waals surface area contributed by atoms with E-state index in [1.807, 2.05) is 30.3 Å². The molecule has 1 N–H and O–H groups in total. The Kier molecular flexibility index (Phi) is 7.12. The van der Waals surface area contributed by atoms with Gasteiger partial charge in [0.15, 0.2) is 5.69 Å². The maximum Gasteiger partial charge on any atom is 0.273 e. The zero-order chi connectivity index (χ0) is 18.8. The number of benzene rings is 1. The summed E-state index contributed by atoms with van der Waals surface area (Å²) in [5, 5.41) is 2.61. The first kappa shape index (κ1) is 18.9. The first-order chi connectivity index (χ1) is 12.6. The molecule has 0 fully saturated rings. The van der Waals surface area contributed by atoms with Gasteiger partial charge in [0.25, 0.3) is 5.91 Å². The molecule has 0 aliphatic carbocycles. The molecule has 0 spiro atoms. The Labute approximate surface area is 152 Å². The minimum absolute atomic E-state index is 0.138. The van der Waals surface area contributed by atoms with E-state index < -0.39 is 0 Å². The fourth-order valence-corrected chi connectivity index (χ4v) is 2.13. The van der Waals surface area contributed by atoms with Crippen LogP contribution in [0.25, 0.3) is 6.08 Å². The van der Waals surface area contributed by atoms with E-state index in [-0.39, 0.29) is 29.9 Å². The molecule has 0 saturated carbocycles. The zero-order valence-corrected chi connectivity index (χ0v) is 14.4. The highest BCUT2D eigenvalue weighted by Crippen LogP contribution is 2.08. The molecule has 1 heterocycles. The van der Waals surface area contributed by atoms with E-state index >= 15 is 0 Å². The van der Waals surface area contributed by atoms with Crippen LogP contribution in [0.5, 0.6) is 0 Å². The highest BCUT2D eigenvalue weighted by Gasteiger charge is 2.16. The number of amides is 2. The summed E-state index contributed by atoms with van der Waals surface area (Å²) in [7, 11) is 0. The number of oxazole rings is 1. The fraction of sp³-hybridized carbons (Fsp3) is 0.150. The van der Waals surface area contributed by atoms with Crippen LogP contribution in [0.2, 0.25) is 0 Å². The molecular formula is C20H21N3O3. The topological polar surface area (TPSA) is 75.4 Å². The second kappa shape index (κ2) is 9.78. The van der Waals surface area contributed by atoms with Gasteiger partial charge < -0.3 is 14.6 Å². The Morgan fingerprint density at radius 1 is 1.19 bits per heavy atom. The fourth-order valence-electron chi connectivity index (χ4n) is 2.13. The SMILES string of the molecule is C=CCNC(=O)c1coc(CN(CC=C)C(=O)/C=C/c2ccccc2)n1. The molecule has 0 unspecified atom stereocenters. The smallest absolute Gasteiger partial charge is 0.273 e. The Morgan fingerprint density at radius 2 is 1.96 bits per heavy atom. The van der Waals surface area contributed by atoms with Gasteiger partial charge in [-0.05, 0) is 11.6 Å². The van der Waals surface area contributed by atoms with E-state index in [1.54, 1.807) is 18.2 Å². The van der Waals surface area contributed by atoms with Crippen molar-refractivity contribution in [1.82, 2.24) is 15.2 Å². The number of rotatable bonds is 9. The number of nitrogens with zero attached hydrogens (tertiary/aromatic N) is 2. The number of aromatic nitrogens is 1. The van der Waals surface area contributed by atoms with E-state index in [0.717, 1.165) is 5.56 Å². The third-order valence-corrected chi connectivity index (χ3v) is 3.40. The van der Waals surface area contributed by atoms with Gasteiger partial charge in [-0.2, -0.15) is 0 Å². The van der Waals surface area contributed by atoms with Crippen molar-refractivity contribution in [3.05, 3.63) is 85.1 Å². The monoisotopic (exact) mass is 351 g/mol. The normalized spacial score (nSPS) is 10.5. The number of carbonyl (C=O) groups excluding carboxylic acids is 2. The summed E-state index contributed by atoms with van der Waals surface area (Å²) >= 11 is 0. The van der Waals surface area contributed by atoms with Gasteiger partial charge in [0, 0.05) is 19.2 Å². The lowest BCUT2D eigenvalue weighted by Crippen LogP contribution is -2.29. The van der Waals surface area contributed by atoms with Crippen molar-refractivity contribution in [2.75, 3.05) is 13.1 Å². The third kappa shape index (κ3) is 5.59. The lowest BCUT2D eigenvalue weighted by atomic mass is 10.2. The summed E-state index contributed by atoms with van der Waals surface area (Å²) in [4.78, 5) is 29.9. The Bertz CT molecular complexity index is 794. The first-order valence-electron chi connectivity index (χ1n) is 8.10. The molecule has 2 aromatic rings. The number of nitrogens with one attached hydrogen (secondary N) is 1. The Balaban J connectivity index is 2.03. The third-order valence-electron chi connectivity index (χ3n) is 3.40. The van der Waals surface area contributed by atoms with Crippen LogP contribution in [0, 0.1) is 0 Å². The van der Waals surface area contributed by atoms with Crippen molar-refractivity contribution in [2.24, 2.45) is 0 Å². The molecule has 2 amide bonds. The van der Waals surface area contributed by atoms with Crippen molar-refractivity contribution in [1.29, 1.82) is 0 Å². The lowest BCUT2D eigenvalue weighted by molar-refractivity contribution is -0.126. The standard InChI is InChI=1S/C20H21N3O3/c1-3-12-21-20(25)17-15-26-18(22-17)14-23(13-4-2)19(24)11-10-16-8-6-5-7-9-16/h3-11,15H,1-2,12-14H2,(H,21,25)/b11-10+. The quantitative estimate of drug-likeness (QED) is 0.557. The molecule has 0 radical (unpaired) electrons. The largest absolute Gasteiger partial charge is 0.446 e. The maximum atomic E-state index is 12.4. The van der Waals surface area contributed by atoms with Crippen LogP contribution in [-0.2, 0) is 11.3 Å². The van der Waals surface area contributed by atoms with Crippen LogP contribution < -0.4 is 5.32 Å². The van der Waals surface area contributed by atoms with Gasteiger partial charge in [-0.15, -0.1) is 13.2 Å². The van der Waals surface area contributed by atoms with Crippen LogP contribution in [0.15, 0.2) is 72.4 Å². The summed E-state index contributed by atoms with van der Waals surface area (Å²) in [6.07, 6.45) is 7.68. The molecular weight excluding hydrogens is 330 g/mol. The number of hydrogen-bond donors (Lipinski definition) is 1. The predicted molar refractivity (Wildman–Crippen MR) is 100 cm³/mol.